The first-order valence-corrected chi connectivity index (χ1v) is 7.16. The van der Waals surface area contributed by atoms with Crippen LogP contribution in [0.2, 0.25) is 0 Å². The second-order valence-corrected chi connectivity index (χ2v) is 5.39. The van der Waals surface area contributed by atoms with Gasteiger partial charge in [-0.1, -0.05) is 30.3 Å². The van der Waals surface area contributed by atoms with Gasteiger partial charge in [0.1, 0.15) is 11.5 Å². The second-order valence-electron chi connectivity index (χ2n) is 5.39. The van der Waals surface area contributed by atoms with Gasteiger partial charge in [-0.3, -0.25) is 0 Å². The van der Waals surface area contributed by atoms with Crippen LogP contribution in [-0.4, -0.2) is 11.5 Å². The molecule has 3 rings (SSSR count). The average Bonchev–Trinajstić information content (AvgIpc) is 2.53. The highest BCUT2D eigenvalue weighted by atomic mass is 35.5. The molecule has 0 aliphatic carbocycles. The summed E-state index contributed by atoms with van der Waals surface area (Å²) in [5.41, 5.74) is 7.69. The molecule has 0 fully saturated rings. The molecule has 1 atom stereocenters. The standard InChI is InChI=1S/C18H14F3NO2.ClH/c19-18(20,21)24-16-7-4-11(5-8-16)17(22)14-2-1-13-10-15(23)6-3-12(13)9-14;/h1-10,17,23H,22H2;1H/t17-;/m1./s1. The average molecular weight is 370 g/mol. The van der Waals surface area contributed by atoms with E-state index in [0.717, 1.165) is 16.3 Å². The minimum Gasteiger partial charge on any atom is -0.508 e. The molecule has 0 spiro atoms. The normalized spacial score (nSPS) is 12.5. The molecule has 0 bridgehead atoms. The highest BCUT2D eigenvalue weighted by Crippen LogP contribution is 2.28. The van der Waals surface area contributed by atoms with Crippen LogP contribution < -0.4 is 10.5 Å². The van der Waals surface area contributed by atoms with Crippen LogP contribution in [0.4, 0.5) is 13.2 Å². The molecular formula is C18H15ClF3NO2. The van der Waals surface area contributed by atoms with Crippen LogP contribution in [0.3, 0.4) is 0 Å². The number of phenolic OH excluding ortho intramolecular Hbond substituents is 1. The Morgan fingerprint density at radius 3 is 2.04 bits per heavy atom. The van der Waals surface area contributed by atoms with Gasteiger partial charge in [0.15, 0.2) is 0 Å². The van der Waals surface area contributed by atoms with Crippen LogP contribution in [0.15, 0.2) is 60.7 Å². The van der Waals surface area contributed by atoms with Crippen molar-refractivity contribution in [2.45, 2.75) is 12.4 Å². The van der Waals surface area contributed by atoms with Gasteiger partial charge in [0, 0.05) is 0 Å². The number of hydrogen-bond acceptors (Lipinski definition) is 3. The maximum Gasteiger partial charge on any atom is 0.573 e. The number of aromatic hydroxyl groups is 1. The first-order chi connectivity index (χ1) is 11.3. The summed E-state index contributed by atoms with van der Waals surface area (Å²) in [6, 6.07) is 15.6. The quantitative estimate of drug-likeness (QED) is 0.689. The third-order valence-corrected chi connectivity index (χ3v) is 3.68. The van der Waals surface area contributed by atoms with Crippen LogP contribution in [0.5, 0.6) is 11.5 Å². The van der Waals surface area contributed by atoms with Crippen molar-refractivity contribution in [3.63, 3.8) is 0 Å². The minimum absolute atomic E-state index is 0. The van der Waals surface area contributed by atoms with Crippen molar-refractivity contribution in [2.75, 3.05) is 0 Å². The zero-order valence-electron chi connectivity index (χ0n) is 12.8. The summed E-state index contributed by atoms with van der Waals surface area (Å²) in [6.45, 7) is 0. The maximum atomic E-state index is 12.2. The van der Waals surface area contributed by atoms with Gasteiger partial charge in [0.25, 0.3) is 0 Å². The Balaban J connectivity index is 0.00000225. The molecule has 3 aromatic carbocycles. The summed E-state index contributed by atoms with van der Waals surface area (Å²) in [6.07, 6.45) is -4.71. The fourth-order valence-electron chi connectivity index (χ4n) is 2.51. The van der Waals surface area contributed by atoms with E-state index in [1.54, 1.807) is 18.2 Å². The van der Waals surface area contributed by atoms with Crippen LogP contribution in [0.1, 0.15) is 17.2 Å². The number of hydrogen-bond donors (Lipinski definition) is 2. The second kappa shape index (κ2) is 7.21. The zero-order chi connectivity index (χ0) is 17.3. The van der Waals surface area contributed by atoms with Crippen molar-refractivity contribution in [2.24, 2.45) is 5.73 Å². The number of halogens is 4. The minimum atomic E-state index is -4.71. The van der Waals surface area contributed by atoms with Crippen molar-refractivity contribution >= 4 is 23.2 Å². The molecule has 0 radical (unpaired) electrons. The van der Waals surface area contributed by atoms with E-state index in [1.807, 2.05) is 18.2 Å². The van der Waals surface area contributed by atoms with Crippen molar-refractivity contribution < 1.29 is 23.0 Å². The molecule has 0 saturated heterocycles. The molecule has 25 heavy (non-hydrogen) atoms. The molecule has 0 saturated carbocycles. The molecule has 0 aliphatic rings. The third kappa shape index (κ3) is 4.55. The molecule has 0 aromatic heterocycles. The van der Waals surface area contributed by atoms with Crippen LogP contribution in [0.25, 0.3) is 10.8 Å². The Morgan fingerprint density at radius 1 is 0.840 bits per heavy atom. The Kier molecular flexibility index (Phi) is 5.45. The van der Waals surface area contributed by atoms with Crippen molar-refractivity contribution in [3.05, 3.63) is 71.8 Å². The van der Waals surface area contributed by atoms with Crippen LogP contribution in [0, 0.1) is 0 Å². The number of phenols is 1. The van der Waals surface area contributed by atoms with E-state index < -0.39 is 12.4 Å². The first kappa shape index (κ1) is 18.9. The predicted octanol–water partition coefficient (Wildman–Crippen LogP) is 4.91. The van der Waals surface area contributed by atoms with E-state index in [0.29, 0.717) is 5.56 Å². The molecule has 132 valence electrons. The van der Waals surface area contributed by atoms with E-state index in [9.17, 15) is 18.3 Å². The van der Waals surface area contributed by atoms with Crippen LogP contribution in [-0.2, 0) is 0 Å². The number of ether oxygens (including phenoxy) is 1. The van der Waals surface area contributed by atoms with E-state index in [1.165, 1.54) is 24.3 Å². The van der Waals surface area contributed by atoms with Gasteiger partial charge in [0.05, 0.1) is 6.04 Å². The van der Waals surface area contributed by atoms with Crippen molar-refractivity contribution in [1.29, 1.82) is 0 Å². The predicted molar refractivity (Wildman–Crippen MR) is 92.0 cm³/mol. The van der Waals surface area contributed by atoms with Gasteiger partial charge in [-0.25, -0.2) is 0 Å². The van der Waals surface area contributed by atoms with Gasteiger partial charge in [-0.15, -0.1) is 25.6 Å². The number of fused-ring (bicyclic) bond motifs is 1. The van der Waals surface area contributed by atoms with E-state index in [-0.39, 0.29) is 23.9 Å². The monoisotopic (exact) mass is 369 g/mol. The maximum absolute atomic E-state index is 12.2. The largest absolute Gasteiger partial charge is 0.573 e. The van der Waals surface area contributed by atoms with E-state index in [2.05, 4.69) is 4.74 Å². The number of benzene rings is 3. The van der Waals surface area contributed by atoms with Gasteiger partial charge in [-0.2, -0.15) is 0 Å². The summed E-state index contributed by atoms with van der Waals surface area (Å²) in [5.74, 6) is -0.104. The Labute approximate surface area is 148 Å². The molecule has 7 heteroatoms. The van der Waals surface area contributed by atoms with Crippen molar-refractivity contribution in [3.8, 4) is 11.5 Å². The summed E-state index contributed by atoms with van der Waals surface area (Å²) in [4.78, 5) is 0. The molecule has 0 aliphatic heterocycles. The lowest BCUT2D eigenvalue weighted by atomic mass is 9.97. The summed E-state index contributed by atoms with van der Waals surface area (Å²) in [5, 5.41) is 11.3. The topological polar surface area (TPSA) is 55.5 Å². The third-order valence-electron chi connectivity index (χ3n) is 3.68. The first-order valence-electron chi connectivity index (χ1n) is 7.16. The lowest BCUT2D eigenvalue weighted by Gasteiger charge is -2.15. The highest BCUT2D eigenvalue weighted by molar-refractivity contribution is 5.85. The highest BCUT2D eigenvalue weighted by Gasteiger charge is 2.31. The Morgan fingerprint density at radius 2 is 1.40 bits per heavy atom. The lowest BCUT2D eigenvalue weighted by Crippen LogP contribution is -2.17. The Bertz CT molecular complexity index is 866. The number of nitrogens with two attached hydrogens (primary N) is 1. The molecule has 0 heterocycles. The Hall–Kier alpha value is -2.44. The number of rotatable bonds is 3. The lowest BCUT2D eigenvalue weighted by molar-refractivity contribution is -0.274. The number of alkyl halides is 3. The SMILES string of the molecule is Cl.N[C@H](c1ccc(OC(F)(F)F)cc1)c1ccc2cc(O)ccc2c1. The molecule has 3 nitrogen and oxygen atoms in total. The van der Waals surface area contributed by atoms with Gasteiger partial charge in [0.2, 0.25) is 0 Å². The van der Waals surface area contributed by atoms with E-state index >= 15 is 0 Å². The molecule has 0 unspecified atom stereocenters. The van der Waals surface area contributed by atoms with Gasteiger partial charge < -0.3 is 15.6 Å². The molecule has 3 N–H and O–H groups in total. The summed E-state index contributed by atoms with van der Waals surface area (Å²) in [7, 11) is 0. The van der Waals surface area contributed by atoms with Crippen LogP contribution >= 0.6 is 12.4 Å². The molecule has 3 aromatic rings. The smallest absolute Gasteiger partial charge is 0.508 e. The van der Waals surface area contributed by atoms with E-state index in [4.69, 9.17) is 5.73 Å². The fraction of sp³-hybridized carbons (Fsp3) is 0.111. The summed E-state index contributed by atoms with van der Waals surface area (Å²) >= 11 is 0. The molecule has 0 amide bonds. The van der Waals surface area contributed by atoms with Gasteiger partial charge >= 0.3 is 6.36 Å². The summed E-state index contributed by atoms with van der Waals surface area (Å²) < 4.78 is 40.4. The zero-order valence-corrected chi connectivity index (χ0v) is 13.6. The van der Waals surface area contributed by atoms with Crippen molar-refractivity contribution in [1.82, 2.24) is 0 Å². The van der Waals surface area contributed by atoms with Gasteiger partial charge in [-0.05, 0) is 52.2 Å². The fourth-order valence-corrected chi connectivity index (χ4v) is 2.51. The molecular weight excluding hydrogens is 355 g/mol.